The smallest absolute Gasteiger partial charge is 0.255 e. The number of hydrogen-bond acceptors (Lipinski definition) is 3. The van der Waals surface area contributed by atoms with Crippen molar-refractivity contribution in [2.45, 2.75) is 6.42 Å². The number of amides is 2. The van der Waals surface area contributed by atoms with E-state index in [-0.39, 0.29) is 24.1 Å². The van der Waals surface area contributed by atoms with E-state index in [2.05, 4.69) is 5.32 Å². The van der Waals surface area contributed by atoms with Gasteiger partial charge in [-0.1, -0.05) is 12.1 Å². The molecule has 0 saturated carbocycles. The van der Waals surface area contributed by atoms with Crippen molar-refractivity contribution < 1.29 is 18.4 Å². The Hall–Kier alpha value is -3.15. The van der Waals surface area contributed by atoms with Gasteiger partial charge >= 0.3 is 0 Å². The SMILES string of the molecule is CNC(=O)c1c(-c2ccc(F)cc2)oc2cccc(CC(=O)N(C)C)c12. The molecule has 1 N–H and O–H groups in total. The van der Waals surface area contributed by atoms with Crippen LogP contribution in [-0.2, 0) is 11.2 Å². The summed E-state index contributed by atoms with van der Waals surface area (Å²) in [6.07, 6.45) is 0.150. The molecule has 0 radical (unpaired) electrons. The zero-order valence-electron chi connectivity index (χ0n) is 14.8. The molecule has 0 spiro atoms. The monoisotopic (exact) mass is 354 g/mol. The van der Waals surface area contributed by atoms with Gasteiger partial charge in [0.05, 0.1) is 12.0 Å². The third-order valence-electron chi connectivity index (χ3n) is 4.20. The minimum absolute atomic E-state index is 0.0788. The van der Waals surface area contributed by atoms with Crippen LogP contribution in [0.2, 0.25) is 0 Å². The lowest BCUT2D eigenvalue weighted by molar-refractivity contribution is -0.127. The first-order valence-electron chi connectivity index (χ1n) is 8.15. The van der Waals surface area contributed by atoms with Crippen LogP contribution in [0.4, 0.5) is 4.39 Å². The molecular weight excluding hydrogens is 335 g/mol. The third kappa shape index (κ3) is 3.18. The van der Waals surface area contributed by atoms with Crippen LogP contribution in [0, 0.1) is 5.82 Å². The Morgan fingerprint density at radius 1 is 1.12 bits per heavy atom. The van der Waals surface area contributed by atoms with E-state index in [4.69, 9.17) is 4.42 Å². The summed E-state index contributed by atoms with van der Waals surface area (Å²) in [5.74, 6) is -0.426. The molecule has 3 rings (SSSR count). The minimum atomic E-state index is -0.372. The van der Waals surface area contributed by atoms with E-state index in [0.717, 1.165) is 0 Å². The number of carbonyl (C=O) groups is 2. The van der Waals surface area contributed by atoms with Crippen molar-refractivity contribution in [3.63, 3.8) is 0 Å². The largest absolute Gasteiger partial charge is 0.455 e. The Bertz CT molecular complexity index is 975. The molecule has 2 amide bonds. The fourth-order valence-electron chi connectivity index (χ4n) is 2.83. The molecule has 1 heterocycles. The van der Waals surface area contributed by atoms with Gasteiger partial charge in [0.2, 0.25) is 5.91 Å². The van der Waals surface area contributed by atoms with Gasteiger partial charge in [-0.25, -0.2) is 4.39 Å². The van der Waals surface area contributed by atoms with Crippen molar-refractivity contribution in [1.82, 2.24) is 10.2 Å². The molecule has 3 aromatic rings. The first-order valence-corrected chi connectivity index (χ1v) is 8.15. The average molecular weight is 354 g/mol. The zero-order valence-corrected chi connectivity index (χ0v) is 14.8. The Kier molecular flexibility index (Phi) is 4.75. The molecule has 0 bridgehead atoms. The highest BCUT2D eigenvalue weighted by molar-refractivity contribution is 6.12. The molecule has 0 unspecified atom stereocenters. The minimum Gasteiger partial charge on any atom is -0.455 e. The predicted octanol–water partition coefficient (Wildman–Crippen LogP) is 3.23. The molecule has 0 atom stereocenters. The Morgan fingerprint density at radius 3 is 2.42 bits per heavy atom. The number of carbonyl (C=O) groups excluding carboxylic acids is 2. The number of halogens is 1. The van der Waals surface area contributed by atoms with Gasteiger partial charge in [0.15, 0.2) is 0 Å². The van der Waals surface area contributed by atoms with Gasteiger partial charge in [-0.15, -0.1) is 0 Å². The zero-order chi connectivity index (χ0) is 18.8. The van der Waals surface area contributed by atoms with Crippen LogP contribution in [-0.4, -0.2) is 37.9 Å². The highest BCUT2D eigenvalue weighted by Gasteiger charge is 2.24. The second-order valence-corrected chi connectivity index (χ2v) is 6.15. The van der Waals surface area contributed by atoms with E-state index in [9.17, 15) is 14.0 Å². The van der Waals surface area contributed by atoms with Gasteiger partial charge < -0.3 is 14.6 Å². The van der Waals surface area contributed by atoms with Gasteiger partial charge in [0.25, 0.3) is 5.91 Å². The second-order valence-electron chi connectivity index (χ2n) is 6.15. The second kappa shape index (κ2) is 7.00. The quantitative estimate of drug-likeness (QED) is 0.782. The van der Waals surface area contributed by atoms with Crippen LogP contribution in [0.25, 0.3) is 22.3 Å². The number of likely N-dealkylation sites (N-methyl/N-ethyl adjacent to an activating group) is 1. The number of nitrogens with one attached hydrogen (secondary N) is 1. The van der Waals surface area contributed by atoms with Crippen LogP contribution in [0.15, 0.2) is 46.9 Å². The standard InChI is InChI=1S/C20H19FN2O3/c1-22-20(25)18-17-13(11-16(24)23(2)3)5-4-6-15(17)26-19(18)12-7-9-14(21)10-8-12/h4-10H,11H2,1-3H3,(H,22,25). The van der Waals surface area contributed by atoms with Crippen molar-refractivity contribution >= 4 is 22.8 Å². The van der Waals surface area contributed by atoms with Crippen molar-refractivity contribution in [2.24, 2.45) is 0 Å². The Morgan fingerprint density at radius 2 is 1.81 bits per heavy atom. The Labute approximate surface area is 150 Å². The van der Waals surface area contributed by atoms with Crippen LogP contribution in [0.3, 0.4) is 0 Å². The van der Waals surface area contributed by atoms with Crippen LogP contribution >= 0.6 is 0 Å². The van der Waals surface area contributed by atoms with E-state index >= 15 is 0 Å². The van der Waals surface area contributed by atoms with Gasteiger partial charge in [0.1, 0.15) is 17.2 Å². The van der Waals surface area contributed by atoms with Crippen molar-refractivity contribution in [2.75, 3.05) is 21.1 Å². The van der Waals surface area contributed by atoms with Crippen LogP contribution in [0.1, 0.15) is 15.9 Å². The first kappa shape index (κ1) is 17.7. The first-order chi connectivity index (χ1) is 12.4. The molecule has 0 aliphatic rings. The number of hydrogen-bond donors (Lipinski definition) is 1. The lowest BCUT2D eigenvalue weighted by atomic mass is 9.99. The van der Waals surface area contributed by atoms with Crippen molar-refractivity contribution in [1.29, 1.82) is 0 Å². The average Bonchev–Trinajstić information content (AvgIpc) is 3.02. The van der Waals surface area contributed by atoms with E-state index < -0.39 is 0 Å². The highest BCUT2D eigenvalue weighted by atomic mass is 19.1. The van der Waals surface area contributed by atoms with E-state index in [1.807, 2.05) is 0 Å². The normalized spacial score (nSPS) is 10.8. The topological polar surface area (TPSA) is 62.6 Å². The molecule has 1 aromatic heterocycles. The molecular formula is C20H19FN2O3. The molecule has 0 saturated heterocycles. The molecule has 2 aromatic carbocycles. The van der Waals surface area contributed by atoms with Crippen LogP contribution in [0.5, 0.6) is 0 Å². The summed E-state index contributed by atoms with van der Waals surface area (Å²) in [4.78, 5) is 26.3. The lowest BCUT2D eigenvalue weighted by Crippen LogP contribution is -2.24. The molecule has 0 aliphatic carbocycles. The summed E-state index contributed by atoms with van der Waals surface area (Å²) in [7, 11) is 4.89. The number of benzene rings is 2. The summed E-state index contributed by atoms with van der Waals surface area (Å²) in [6, 6.07) is 11.1. The molecule has 6 heteroatoms. The summed E-state index contributed by atoms with van der Waals surface area (Å²) in [6.45, 7) is 0. The summed E-state index contributed by atoms with van der Waals surface area (Å²) in [5.41, 5.74) is 2.14. The molecule has 0 fully saturated rings. The lowest BCUT2D eigenvalue weighted by Gasteiger charge is -2.11. The van der Waals surface area contributed by atoms with Gasteiger partial charge in [-0.05, 0) is 35.9 Å². The Balaban J connectivity index is 2.25. The third-order valence-corrected chi connectivity index (χ3v) is 4.20. The maximum atomic E-state index is 13.3. The number of fused-ring (bicyclic) bond motifs is 1. The molecule has 5 nitrogen and oxygen atoms in total. The number of furan rings is 1. The maximum absolute atomic E-state index is 13.3. The molecule has 134 valence electrons. The van der Waals surface area contributed by atoms with E-state index in [1.54, 1.807) is 44.4 Å². The van der Waals surface area contributed by atoms with Crippen LogP contribution < -0.4 is 5.32 Å². The van der Waals surface area contributed by atoms with E-state index in [0.29, 0.717) is 33.4 Å². The fraction of sp³-hybridized carbons (Fsp3) is 0.200. The summed E-state index contributed by atoms with van der Waals surface area (Å²) in [5, 5.41) is 3.21. The summed E-state index contributed by atoms with van der Waals surface area (Å²) >= 11 is 0. The molecule has 0 aliphatic heterocycles. The molecule has 26 heavy (non-hydrogen) atoms. The van der Waals surface area contributed by atoms with Gasteiger partial charge in [0, 0.05) is 32.1 Å². The number of rotatable bonds is 4. The van der Waals surface area contributed by atoms with Crippen molar-refractivity contribution in [3.05, 3.63) is 59.4 Å². The van der Waals surface area contributed by atoms with E-state index in [1.165, 1.54) is 24.1 Å². The van der Waals surface area contributed by atoms with Crippen molar-refractivity contribution in [3.8, 4) is 11.3 Å². The van der Waals surface area contributed by atoms with Gasteiger partial charge in [-0.2, -0.15) is 0 Å². The maximum Gasteiger partial charge on any atom is 0.255 e. The summed E-state index contributed by atoms with van der Waals surface area (Å²) < 4.78 is 19.2. The van der Waals surface area contributed by atoms with Gasteiger partial charge in [-0.3, -0.25) is 9.59 Å². The number of nitrogens with zero attached hydrogens (tertiary/aromatic N) is 1. The fourth-order valence-corrected chi connectivity index (χ4v) is 2.83. The predicted molar refractivity (Wildman–Crippen MR) is 97.4 cm³/mol. The highest BCUT2D eigenvalue weighted by Crippen LogP contribution is 2.36.